The average molecular weight is 533 g/mol. The van der Waals surface area contributed by atoms with Gasteiger partial charge in [-0.2, -0.15) is 0 Å². The van der Waals surface area contributed by atoms with Gasteiger partial charge in [-0.15, -0.1) is 0 Å². The van der Waals surface area contributed by atoms with Gasteiger partial charge < -0.3 is 15.5 Å². The van der Waals surface area contributed by atoms with E-state index in [1.807, 2.05) is 0 Å². The van der Waals surface area contributed by atoms with Gasteiger partial charge in [-0.05, 0) is 45.6 Å². The van der Waals surface area contributed by atoms with E-state index in [4.69, 9.17) is 11.6 Å². The molecule has 172 valence electrons. The van der Waals surface area contributed by atoms with E-state index in [2.05, 4.69) is 38.5 Å². The zero-order valence-corrected chi connectivity index (χ0v) is 20.5. The normalized spacial score (nSPS) is 13.6. The lowest BCUT2D eigenvalue weighted by Crippen LogP contribution is -2.50. The van der Waals surface area contributed by atoms with Gasteiger partial charge in [0.1, 0.15) is 17.8 Å². The first-order valence-electron chi connectivity index (χ1n) is 10.5. The standard InChI is InChI=1S/C23H23BrClN5O3/c1-13-10-29(11-13)19(31)12-30-21-16(20(26-2)18(24)9-27-21)7-17(23(30)33)22(32)28-8-14-3-5-15(25)6-4-14/h3-7,9,13H,8,10-12H2,1-2H3,(H,26,27)(H,28,32). The number of benzene rings is 1. The number of amides is 2. The molecule has 2 aromatic heterocycles. The number of nitrogens with one attached hydrogen (secondary N) is 2. The molecule has 0 radical (unpaired) electrons. The molecule has 0 bridgehead atoms. The van der Waals surface area contributed by atoms with Crippen LogP contribution >= 0.6 is 27.5 Å². The number of carbonyl (C=O) groups excluding carboxylic acids is 2. The van der Waals surface area contributed by atoms with Gasteiger partial charge in [-0.1, -0.05) is 30.7 Å². The van der Waals surface area contributed by atoms with Crippen LogP contribution in [0, 0.1) is 5.92 Å². The van der Waals surface area contributed by atoms with Gasteiger partial charge in [-0.25, -0.2) is 4.98 Å². The maximum atomic E-state index is 13.3. The van der Waals surface area contributed by atoms with E-state index in [9.17, 15) is 14.4 Å². The van der Waals surface area contributed by atoms with Crippen LogP contribution in [0.5, 0.6) is 0 Å². The van der Waals surface area contributed by atoms with E-state index in [0.717, 1.165) is 5.56 Å². The predicted molar refractivity (Wildman–Crippen MR) is 132 cm³/mol. The molecule has 2 amide bonds. The molecule has 0 atom stereocenters. The van der Waals surface area contributed by atoms with Crippen molar-refractivity contribution < 1.29 is 9.59 Å². The summed E-state index contributed by atoms with van der Waals surface area (Å²) >= 11 is 9.36. The highest BCUT2D eigenvalue weighted by Crippen LogP contribution is 2.29. The maximum absolute atomic E-state index is 13.3. The Kier molecular flexibility index (Phi) is 6.71. The Bertz CT molecular complexity index is 1290. The fourth-order valence-corrected chi connectivity index (χ4v) is 4.51. The van der Waals surface area contributed by atoms with Crippen LogP contribution in [0.15, 0.2) is 45.8 Å². The molecule has 0 unspecified atom stereocenters. The van der Waals surface area contributed by atoms with Crippen LogP contribution in [0.4, 0.5) is 5.69 Å². The fourth-order valence-electron chi connectivity index (χ4n) is 3.87. The quantitative estimate of drug-likeness (QED) is 0.508. The van der Waals surface area contributed by atoms with Crippen molar-refractivity contribution in [2.45, 2.75) is 20.0 Å². The molecule has 3 aromatic rings. The number of pyridine rings is 2. The van der Waals surface area contributed by atoms with Crippen LogP contribution in [0.2, 0.25) is 5.02 Å². The van der Waals surface area contributed by atoms with E-state index in [1.165, 1.54) is 10.6 Å². The lowest BCUT2D eigenvalue weighted by Gasteiger charge is -2.37. The summed E-state index contributed by atoms with van der Waals surface area (Å²) in [5.41, 5.74) is 1.23. The smallest absolute Gasteiger partial charge is 0.265 e. The number of rotatable bonds is 6. The molecule has 3 heterocycles. The molecule has 0 saturated carbocycles. The minimum Gasteiger partial charge on any atom is -0.387 e. The molecule has 0 spiro atoms. The number of fused-ring (bicyclic) bond motifs is 1. The highest BCUT2D eigenvalue weighted by atomic mass is 79.9. The molecule has 10 heteroatoms. The van der Waals surface area contributed by atoms with Gasteiger partial charge in [0.05, 0.1) is 10.2 Å². The summed E-state index contributed by atoms with van der Waals surface area (Å²) in [7, 11) is 1.74. The van der Waals surface area contributed by atoms with Gasteiger partial charge in [0.25, 0.3) is 11.5 Å². The fraction of sp³-hybridized carbons (Fsp3) is 0.304. The van der Waals surface area contributed by atoms with Crippen molar-refractivity contribution >= 4 is 56.1 Å². The average Bonchev–Trinajstić information content (AvgIpc) is 2.77. The predicted octanol–water partition coefficient (Wildman–Crippen LogP) is 3.26. The second-order valence-corrected chi connectivity index (χ2v) is 9.42. The van der Waals surface area contributed by atoms with Gasteiger partial charge in [-0.3, -0.25) is 19.0 Å². The summed E-state index contributed by atoms with van der Waals surface area (Å²) in [5.74, 6) is -0.263. The first-order valence-corrected chi connectivity index (χ1v) is 11.7. The molecule has 1 aliphatic heterocycles. The van der Waals surface area contributed by atoms with E-state index in [0.29, 0.717) is 45.2 Å². The van der Waals surface area contributed by atoms with Crippen LogP contribution in [-0.4, -0.2) is 46.4 Å². The second kappa shape index (κ2) is 9.52. The summed E-state index contributed by atoms with van der Waals surface area (Å²) in [6.45, 7) is 3.43. The Hall–Kier alpha value is -2.91. The van der Waals surface area contributed by atoms with Crippen molar-refractivity contribution in [1.29, 1.82) is 0 Å². The molecule has 2 N–H and O–H groups in total. The van der Waals surface area contributed by atoms with Crippen molar-refractivity contribution in [1.82, 2.24) is 19.8 Å². The molecule has 1 fully saturated rings. The monoisotopic (exact) mass is 531 g/mol. The zero-order chi connectivity index (χ0) is 23.7. The van der Waals surface area contributed by atoms with Crippen LogP contribution in [0.3, 0.4) is 0 Å². The van der Waals surface area contributed by atoms with Gasteiger partial charge in [0.2, 0.25) is 5.91 Å². The van der Waals surface area contributed by atoms with Crippen molar-refractivity contribution in [2.75, 3.05) is 25.5 Å². The first kappa shape index (κ1) is 23.3. The molecular weight excluding hydrogens is 510 g/mol. The SMILES string of the molecule is CNc1c(Br)cnc2c1cc(C(=O)NCc1ccc(Cl)cc1)c(=O)n2CC(=O)N1CC(C)C1. The van der Waals surface area contributed by atoms with Gasteiger partial charge >= 0.3 is 0 Å². The number of hydrogen-bond donors (Lipinski definition) is 2. The summed E-state index contributed by atoms with van der Waals surface area (Å²) in [5, 5.41) is 7.02. The van der Waals surface area contributed by atoms with E-state index < -0.39 is 11.5 Å². The first-order chi connectivity index (χ1) is 15.8. The number of nitrogens with zero attached hydrogens (tertiary/aromatic N) is 3. The minimum atomic E-state index is -0.560. The highest BCUT2D eigenvalue weighted by Gasteiger charge is 2.28. The summed E-state index contributed by atoms with van der Waals surface area (Å²) in [4.78, 5) is 45.2. The van der Waals surface area contributed by atoms with Crippen LogP contribution in [0.25, 0.3) is 11.0 Å². The summed E-state index contributed by atoms with van der Waals surface area (Å²) in [6, 6.07) is 8.58. The number of halogens is 2. The Labute approximate surface area is 204 Å². The van der Waals surface area contributed by atoms with Crippen molar-refractivity contribution in [2.24, 2.45) is 5.92 Å². The Morgan fingerprint density at radius 1 is 1.24 bits per heavy atom. The molecule has 1 aromatic carbocycles. The van der Waals surface area contributed by atoms with Crippen molar-refractivity contribution in [3.63, 3.8) is 0 Å². The second-order valence-electron chi connectivity index (χ2n) is 8.13. The van der Waals surface area contributed by atoms with Crippen LogP contribution < -0.4 is 16.2 Å². The molecular formula is C23H23BrClN5O3. The summed E-state index contributed by atoms with van der Waals surface area (Å²) < 4.78 is 1.96. The lowest BCUT2D eigenvalue weighted by molar-refractivity contribution is -0.137. The molecule has 8 nitrogen and oxygen atoms in total. The Morgan fingerprint density at radius 2 is 1.94 bits per heavy atom. The molecule has 33 heavy (non-hydrogen) atoms. The summed E-state index contributed by atoms with van der Waals surface area (Å²) in [6.07, 6.45) is 1.57. The third-order valence-corrected chi connectivity index (χ3v) is 6.49. The lowest BCUT2D eigenvalue weighted by atomic mass is 10.0. The number of carbonyl (C=O) groups is 2. The number of anilines is 1. The molecule has 1 saturated heterocycles. The minimum absolute atomic E-state index is 0.0577. The van der Waals surface area contributed by atoms with Crippen molar-refractivity contribution in [3.8, 4) is 0 Å². The molecule has 0 aliphatic carbocycles. The van der Waals surface area contributed by atoms with E-state index in [1.54, 1.807) is 42.4 Å². The molecule has 1 aliphatic rings. The Morgan fingerprint density at radius 3 is 2.58 bits per heavy atom. The van der Waals surface area contributed by atoms with Gasteiger partial charge in [0.15, 0.2) is 0 Å². The third-order valence-electron chi connectivity index (χ3n) is 5.64. The van der Waals surface area contributed by atoms with E-state index in [-0.39, 0.29) is 24.6 Å². The van der Waals surface area contributed by atoms with Crippen molar-refractivity contribution in [3.05, 3.63) is 67.5 Å². The number of likely N-dealkylation sites (tertiary alicyclic amines) is 1. The van der Waals surface area contributed by atoms with Crippen LogP contribution in [0.1, 0.15) is 22.8 Å². The molecule has 4 rings (SSSR count). The maximum Gasteiger partial charge on any atom is 0.265 e. The largest absolute Gasteiger partial charge is 0.387 e. The van der Waals surface area contributed by atoms with E-state index >= 15 is 0 Å². The topological polar surface area (TPSA) is 96.3 Å². The van der Waals surface area contributed by atoms with Crippen LogP contribution in [-0.2, 0) is 17.9 Å². The third kappa shape index (κ3) is 4.74. The highest BCUT2D eigenvalue weighted by molar-refractivity contribution is 9.10. The Balaban J connectivity index is 1.72. The number of hydrogen-bond acceptors (Lipinski definition) is 5. The zero-order valence-electron chi connectivity index (χ0n) is 18.2. The van der Waals surface area contributed by atoms with Gasteiger partial charge in [0, 0.05) is 43.3 Å². The number of aromatic nitrogens is 2.